The van der Waals surface area contributed by atoms with Gasteiger partial charge in [-0.15, -0.1) is 0 Å². The second-order valence-corrected chi connectivity index (χ2v) is 5.60. The smallest absolute Gasteiger partial charge is 0.265 e. The summed E-state index contributed by atoms with van der Waals surface area (Å²) in [4.78, 5) is 12.4. The number of rotatable bonds is 5. The van der Waals surface area contributed by atoms with Crippen molar-refractivity contribution in [2.24, 2.45) is 0 Å². The van der Waals surface area contributed by atoms with Gasteiger partial charge in [0.2, 0.25) is 0 Å². The van der Waals surface area contributed by atoms with Gasteiger partial charge in [0.1, 0.15) is 5.75 Å². The van der Waals surface area contributed by atoms with E-state index in [0.29, 0.717) is 6.42 Å². The molecule has 2 aromatic rings. The Labute approximate surface area is 133 Å². The van der Waals surface area contributed by atoms with Gasteiger partial charge in [0.25, 0.3) is 5.91 Å². The fraction of sp³-hybridized carbons (Fsp3) is 0.235. The van der Waals surface area contributed by atoms with E-state index in [9.17, 15) is 4.79 Å². The molecule has 1 unspecified atom stereocenters. The Balaban J connectivity index is 2.09. The third kappa shape index (κ3) is 4.08. The molecule has 0 heterocycles. The Morgan fingerprint density at radius 2 is 1.86 bits per heavy atom. The summed E-state index contributed by atoms with van der Waals surface area (Å²) in [5.74, 6) is 0.597. The first-order valence-electron chi connectivity index (χ1n) is 6.89. The number of carbonyl (C=O) groups is 1. The average molecular weight is 348 g/mol. The maximum atomic E-state index is 12.4. The van der Waals surface area contributed by atoms with Gasteiger partial charge in [-0.1, -0.05) is 37.3 Å². The summed E-state index contributed by atoms with van der Waals surface area (Å²) in [6.45, 7) is 3.90. The van der Waals surface area contributed by atoms with Gasteiger partial charge in [0.15, 0.2) is 6.10 Å². The van der Waals surface area contributed by atoms with E-state index in [4.69, 9.17) is 4.74 Å². The summed E-state index contributed by atoms with van der Waals surface area (Å²) in [5, 5.41) is 2.89. The monoisotopic (exact) mass is 347 g/mol. The number of amides is 1. The molecule has 3 nitrogen and oxygen atoms in total. The fourth-order valence-corrected chi connectivity index (χ4v) is 2.32. The minimum Gasteiger partial charge on any atom is -0.480 e. The van der Waals surface area contributed by atoms with Crippen LogP contribution >= 0.6 is 15.9 Å². The molecule has 2 aromatic carbocycles. The molecule has 21 heavy (non-hydrogen) atoms. The summed E-state index contributed by atoms with van der Waals surface area (Å²) >= 11 is 3.42. The van der Waals surface area contributed by atoms with Crippen molar-refractivity contribution in [3.8, 4) is 5.75 Å². The van der Waals surface area contributed by atoms with Crippen LogP contribution in [0.3, 0.4) is 0 Å². The summed E-state index contributed by atoms with van der Waals surface area (Å²) in [5.41, 5.74) is 1.76. The molecule has 0 bridgehead atoms. The van der Waals surface area contributed by atoms with Crippen molar-refractivity contribution in [2.45, 2.75) is 26.4 Å². The number of para-hydroxylation sites is 2. The number of ether oxygens (including phenoxy) is 1. The van der Waals surface area contributed by atoms with Crippen molar-refractivity contribution in [3.63, 3.8) is 0 Å². The molecule has 0 saturated carbocycles. The SMILES string of the molecule is CCC(Oc1ccccc1C)C(=O)Nc1ccccc1Br. The number of hydrogen-bond acceptors (Lipinski definition) is 2. The fourth-order valence-electron chi connectivity index (χ4n) is 1.94. The van der Waals surface area contributed by atoms with Crippen LogP contribution in [-0.4, -0.2) is 12.0 Å². The van der Waals surface area contributed by atoms with E-state index in [2.05, 4.69) is 21.2 Å². The van der Waals surface area contributed by atoms with Gasteiger partial charge in [0.05, 0.1) is 5.69 Å². The summed E-state index contributed by atoms with van der Waals surface area (Å²) in [6.07, 6.45) is 0.0863. The standard InChI is InChI=1S/C17H18BrNO2/c1-3-15(21-16-11-7-4-8-12(16)2)17(20)19-14-10-6-5-9-13(14)18/h4-11,15H,3H2,1-2H3,(H,19,20). The summed E-state index contributed by atoms with van der Waals surface area (Å²) in [7, 11) is 0. The van der Waals surface area contributed by atoms with Crippen molar-refractivity contribution in [2.75, 3.05) is 5.32 Å². The van der Waals surface area contributed by atoms with E-state index in [1.54, 1.807) is 0 Å². The molecule has 0 fully saturated rings. The highest BCUT2D eigenvalue weighted by Gasteiger charge is 2.19. The van der Waals surface area contributed by atoms with Crippen LogP contribution in [0.4, 0.5) is 5.69 Å². The van der Waals surface area contributed by atoms with Gasteiger partial charge >= 0.3 is 0 Å². The maximum Gasteiger partial charge on any atom is 0.265 e. The number of hydrogen-bond donors (Lipinski definition) is 1. The predicted molar refractivity (Wildman–Crippen MR) is 88.7 cm³/mol. The molecule has 0 saturated heterocycles. The number of carbonyl (C=O) groups excluding carboxylic acids is 1. The molecule has 2 rings (SSSR count). The van der Waals surface area contributed by atoms with Gasteiger partial charge < -0.3 is 10.1 Å². The molecule has 0 aromatic heterocycles. The van der Waals surface area contributed by atoms with Gasteiger partial charge in [-0.05, 0) is 53.0 Å². The Morgan fingerprint density at radius 1 is 1.19 bits per heavy atom. The average Bonchev–Trinajstić information content (AvgIpc) is 2.48. The molecule has 0 radical (unpaired) electrons. The normalized spacial score (nSPS) is 11.8. The van der Waals surface area contributed by atoms with Crippen molar-refractivity contribution < 1.29 is 9.53 Å². The number of anilines is 1. The third-order valence-corrected chi connectivity index (χ3v) is 3.85. The quantitative estimate of drug-likeness (QED) is 0.861. The van der Waals surface area contributed by atoms with Gasteiger partial charge in [-0.2, -0.15) is 0 Å². The van der Waals surface area contributed by atoms with E-state index < -0.39 is 6.10 Å². The number of benzene rings is 2. The lowest BCUT2D eigenvalue weighted by molar-refractivity contribution is -0.122. The zero-order valence-electron chi connectivity index (χ0n) is 12.1. The molecular weight excluding hydrogens is 330 g/mol. The Kier molecular flexibility index (Phi) is 5.39. The highest BCUT2D eigenvalue weighted by molar-refractivity contribution is 9.10. The van der Waals surface area contributed by atoms with Crippen molar-refractivity contribution in [1.29, 1.82) is 0 Å². The molecule has 110 valence electrons. The molecule has 4 heteroatoms. The van der Waals surface area contributed by atoms with Gasteiger partial charge in [0, 0.05) is 4.47 Å². The zero-order chi connectivity index (χ0) is 15.2. The molecule has 1 N–H and O–H groups in total. The predicted octanol–water partition coefficient (Wildman–Crippen LogP) is 4.55. The van der Waals surface area contributed by atoms with E-state index >= 15 is 0 Å². The number of nitrogens with one attached hydrogen (secondary N) is 1. The highest BCUT2D eigenvalue weighted by Crippen LogP contribution is 2.23. The van der Waals surface area contributed by atoms with Gasteiger partial charge in [-0.25, -0.2) is 0 Å². The van der Waals surface area contributed by atoms with Crippen molar-refractivity contribution in [1.82, 2.24) is 0 Å². The number of aryl methyl sites for hydroxylation is 1. The highest BCUT2D eigenvalue weighted by atomic mass is 79.9. The largest absolute Gasteiger partial charge is 0.480 e. The first-order chi connectivity index (χ1) is 10.1. The Bertz CT molecular complexity index is 628. The van der Waals surface area contributed by atoms with Crippen LogP contribution < -0.4 is 10.1 Å². The summed E-state index contributed by atoms with van der Waals surface area (Å²) in [6, 6.07) is 15.2. The second-order valence-electron chi connectivity index (χ2n) is 4.75. The minimum atomic E-state index is -0.516. The third-order valence-electron chi connectivity index (χ3n) is 3.16. The van der Waals surface area contributed by atoms with Crippen LogP contribution in [0.25, 0.3) is 0 Å². The summed E-state index contributed by atoms with van der Waals surface area (Å²) < 4.78 is 6.69. The molecule has 1 amide bonds. The first-order valence-corrected chi connectivity index (χ1v) is 7.68. The lowest BCUT2D eigenvalue weighted by atomic mass is 10.2. The van der Waals surface area contributed by atoms with E-state index in [-0.39, 0.29) is 5.91 Å². The molecule has 0 aliphatic rings. The molecule has 1 atom stereocenters. The Hall–Kier alpha value is -1.81. The van der Waals surface area contributed by atoms with Crippen LogP contribution in [-0.2, 0) is 4.79 Å². The van der Waals surface area contributed by atoms with Gasteiger partial charge in [-0.3, -0.25) is 4.79 Å². The van der Waals surface area contributed by atoms with E-state index in [1.165, 1.54) is 0 Å². The van der Waals surface area contributed by atoms with Crippen LogP contribution in [0.1, 0.15) is 18.9 Å². The molecule has 0 aliphatic heterocycles. The van der Waals surface area contributed by atoms with Crippen LogP contribution in [0.2, 0.25) is 0 Å². The second kappa shape index (κ2) is 7.27. The minimum absolute atomic E-state index is 0.146. The van der Waals surface area contributed by atoms with Crippen LogP contribution in [0.15, 0.2) is 53.0 Å². The maximum absolute atomic E-state index is 12.4. The van der Waals surface area contributed by atoms with Crippen LogP contribution in [0, 0.1) is 6.92 Å². The molecule has 0 spiro atoms. The first kappa shape index (κ1) is 15.6. The lowest BCUT2D eigenvalue weighted by Crippen LogP contribution is -2.32. The topological polar surface area (TPSA) is 38.3 Å². The van der Waals surface area contributed by atoms with Crippen molar-refractivity contribution in [3.05, 3.63) is 58.6 Å². The lowest BCUT2D eigenvalue weighted by Gasteiger charge is -2.19. The molecule has 0 aliphatic carbocycles. The van der Waals surface area contributed by atoms with Crippen molar-refractivity contribution >= 4 is 27.5 Å². The van der Waals surface area contributed by atoms with Crippen LogP contribution in [0.5, 0.6) is 5.75 Å². The molecular formula is C17H18BrNO2. The number of halogens is 1. The van der Waals surface area contributed by atoms with E-state index in [1.807, 2.05) is 62.4 Å². The van der Waals surface area contributed by atoms with E-state index in [0.717, 1.165) is 21.5 Å². The Morgan fingerprint density at radius 3 is 2.52 bits per heavy atom. The zero-order valence-corrected chi connectivity index (χ0v) is 13.7.